The number of hydrogen-bond donors (Lipinski definition) is 1. The van der Waals surface area contributed by atoms with Gasteiger partial charge in [-0.1, -0.05) is 0 Å². The first-order chi connectivity index (χ1) is 7.45. The highest BCUT2D eigenvalue weighted by Gasteiger charge is 2.15. The Morgan fingerprint density at radius 1 is 1.20 bits per heavy atom. The molecule has 2 heterocycles. The second-order valence-corrected chi connectivity index (χ2v) is 4.72. The van der Waals surface area contributed by atoms with Gasteiger partial charge in [-0.15, -0.1) is 0 Å². The molecule has 0 amide bonds. The summed E-state index contributed by atoms with van der Waals surface area (Å²) in [6.07, 6.45) is 7.03. The van der Waals surface area contributed by atoms with Crippen molar-refractivity contribution in [3.8, 4) is 0 Å². The third-order valence-electron chi connectivity index (χ3n) is 3.46. The molecule has 1 N–H and O–H groups in total. The highest BCUT2D eigenvalue weighted by molar-refractivity contribution is 4.69. The maximum Gasteiger partial charge on any atom is 0.0576 e. The minimum absolute atomic E-state index is 0.579. The molecule has 0 bridgehead atoms. The highest BCUT2D eigenvalue weighted by Crippen LogP contribution is 2.16. The van der Waals surface area contributed by atoms with Gasteiger partial charge in [0.2, 0.25) is 0 Å². The van der Waals surface area contributed by atoms with Gasteiger partial charge in [-0.3, -0.25) is 0 Å². The van der Waals surface area contributed by atoms with E-state index in [-0.39, 0.29) is 0 Å². The van der Waals surface area contributed by atoms with E-state index < -0.39 is 0 Å². The van der Waals surface area contributed by atoms with Crippen LogP contribution < -0.4 is 5.32 Å². The van der Waals surface area contributed by atoms with Crippen molar-refractivity contribution in [2.75, 3.05) is 39.3 Å². The minimum atomic E-state index is 0.579. The van der Waals surface area contributed by atoms with Gasteiger partial charge in [-0.2, -0.15) is 0 Å². The zero-order chi connectivity index (χ0) is 10.3. The summed E-state index contributed by atoms with van der Waals surface area (Å²) >= 11 is 0. The van der Waals surface area contributed by atoms with E-state index in [2.05, 4.69) is 10.2 Å². The van der Waals surface area contributed by atoms with Crippen molar-refractivity contribution in [3.05, 3.63) is 0 Å². The monoisotopic (exact) mass is 212 g/mol. The third-order valence-corrected chi connectivity index (χ3v) is 3.46. The second kappa shape index (κ2) is 6.46. The van der Waals surface area contributed by atoms with Crippen molar-refractivity contribution in [1.29, 1.82) is 0 Å². The first-order valence-corrected chi connectivity index (χ1v) is 6.50. The van der Waals surface area contributed by atoms with Crippen LogP contribution in [0.2, 0.25) is 0 Å². The first kappa shape index (κ1) is 11.4. The molecule has 1 atom stereocenters. The number of ether oxygens (including phenoxy) is 1. The molecule has 1 unspecified atom stereocenters. The Hall–Kier alpha value is -0.120. The maximum atomic E-state index is 5.64. The fourth-order valence-corrected chi connectivity index (χ4v) is 2.54. The van der Waals surface area contributed by atoms with Crippen molar-refractivity contribution >= 4 is 0 Å². The van der Waals surface area contributed by atoms with E-state index in [0.29, 0.717) is 6.10 Å². The Labute approximate surface area is 93.2 Å². The van der Waals surface area contributed by atoms with E-state index in [1.807, 2.05) is 0 Å². The summed E-state index contributed by atoms with van der Waals surface area (Å²) in [7, 11) is 0. The lowest BCUT2D eigenvalue weighted by atomic mass is 10.1. The Morgan fingerprint density at radius 3 is 3.07 bits per heavy atom. The van der Waals surface area contributed by atoms with E-state index in [1.54, 1.807) is 0 Å². The summed E-state index contributed by atoms with van der Waals surface area (Å²) in [4.78, 5) is 2.59. The normalized spacial score (nSPS) is 29.2. The molecule has 2 fully saturated rings. The van der Waals surface area contributed by atoms with Crippen molar-refractivity contribution in [2.45, 2.75) is 38.2 Å². The largest absolute Gasteiger partial charge is 0.378 e. The maximum absolute atomic E-state index is 5.64. The topological polar surface area (TPSA) is 24.5 Å². The summed E-state index contributed by atoms with van der Waals surface area (Å²) in [6, 6.07) is 0. The van der Waals surface area contributed by atoms with Crippen LogP contribution in [0.3, 0.4) is 0 Å². The minimum Gasteiger partial charge on any atom is -0.378 e. The third kappa shape index (κ3) is 4.09. The molecule has 0 aromatic carbocycles. The van der Waals surface area contributed by atoms with Crippen LogP contribution in [0.1, 0.15) is 32.1 Å². The predicted octanol–water partition coefficient (Wildman–Crippen LogP) is 1.24. The zero-order valence-corrected chi connectivity index (χ0v) is 9.71. The number of rotatable bonds is 4. The van der Waals surface area contributed by atoms with Crippen LogP contribution in [-0.2, 0) is 4.74 Å². The molecule has 2 aliphatic rings. The lowest BCUT2D eigenvalue weighted by Gasteiger charge is -2.20. The van der Waals surface area contributed by atoms with Crippen LogP contribution in [0.5, 0.6) is 0 Å². The lowest BCUT2D eigenvalue weighted by Crippen LogP contribution is -2.29. The van der Waals surface area contributed by atoms with Crippen LogP contribution >= 0.6 is 0 Å². The van der Waals surface area contributed by atoms with Gasteiger partial charge in [0.05, 0.1) is 6.10 Å². The Morgan fingerprint density at radius 2 is 2.20 bits per heavy atom. The molecule has 0 saturated carbocycles. The average Bonchev–Trinajstić information content (AvgIpc) is 2.62. The number of hydrogen-bond acceptors (Lipinski definition) is 3. The molecule has 0 radical (unpaired) electrons. The van der Waals surface area contributed by atoms with Crippen LogP contribution in [0.15, 0.2) is 0 Å². The molecule has 0 aromatic rings. The van der Waals surface area contributed by atoms with Crippen LogP contribution in [0.4, 0.5) is 0 Å². The molecule has 0 spiro atoms. The Bertz CT molecular complexity index is 161. The molecule has 2 saturated heterocycles. The first-order valence-electron chi connectivity index (χ1n) is 6.50. The van der Waals surface area contributed by atoms with Crippen molar-refractivity contribution < 1.29 is 4.74 Å². The van der Waals surface area contributed by atoms with E-state index in [4.69, 9.17) is 4.74 Å². The molecular formula is C12H24N2O. The summed E-state index contributed by atoms with van der Waals surface area (Å²) < 4.78 is 5.64. The predicted molar refractivity (Wildman–Crippen MR) is 62.1 cm³/mol. The summed E-state index contributed by atoms with van der Waals surface area (Å²) in [5, 5.41) is 3.44. The fourth-order valence-electron chi connectivity index (χ4n) is 2.54. The van der Waals surface area contributed by atoms with E-state index in [9.17, 15) is 0 Å². The van der Waals surface area contributed by atoms with Gasteiger partial charge in [0.15, 0.2) is 0 Å². The van der Waals surface area contributed by atoms with Gasteiger partial charge in [-0.25, -0.2) is 0 Å². The van der Waals surface area contributed by atoms with Gasteiger partial charge >= 0.3 is 0 Å². The van der Waals surface area contributed by atoms with Crippen molar-refractivity contribution in [1.82, 2.24) is 10.2 Å². The summed E-state index contributed by atoms with van der Waals surface area (Å²) in [6.45, 7) is 7.13. The zero-order valence-electron chi connectivity index (χ0n) is 9.71. The number of nitrogens with zero attached hydrogens (tertiary/aromatic N) is 1. The Kier molecular flexibility index (Phi) is 4.90. The molecule has 88 valence electrons. The van der Waals surface area contributed by atoms with Gasteiger partial charge in [0.1, 0.15) is 0 Å². The van der Waals surface area contributed by atoms with E-state index in [0.717, 1.165) is 6.61 Å². The molecular weight excluding hydrogens is 188 g/mol. The SMILES string of the molecule is C1COC(CCCN2CCCNCC2)C1. The van der Waals surface area contributed by atoms with E-state index in [1.165, 1.54) is 64.8 Å². The fraction of sp³-hybridized carbons (Fsp3) is 1.00. The molecule has 15 heavy (non-hydrogen) atoms. The molecule has 2 rings (SSSR count). The van der Waals surface area contributed by atoms with Gasteiger partial charge in [0.25, 0.3) is 0 Å². The van der Waals surface area contributed by atoms with Crippen molar-refractivity contribution in [3.63, 3.8) is 0 Å². The van der Waals surface area contributed by atoms with Gasteiger partial charge in [-0.05, 0) is 51.7 Å². The van der Waals surface area contributed by atoms with Crippen molar-refractivity contribution in [2.24, 2.45) is 0 Å². The standard InChI is InChI=1S/C12H24N2O/c1(4-12-5-2-11-15-12)8-14-9-3-6-13-7-10-14/h12-13H,1-11H2. The van der Waals surface area contributed by atoms with Crippen LogP contribution in [0.25, 0.3) is 0 Å². The smallest absolute Gasteiger partial charge is 0.0576 e. The van der Waals surface area contributed by atoms with Gasteiger partial charge < -0.3 is 15.0 Å². The highest BCUT2D eigenvalue weighted by atomic mass is 16.5. The quantitative estimate of drug-likeness (QED) is 0.759. The average molecular weight is 212 g/mol. The molecule has 2 aliphatic heterocycles. The number of nitrogens with one attached hydrogen (secondary N) is 1. The molecule has 3 heteroatoms. The summed E-state index contributed by atoms with van der Waals surface area (Å²) in [5.74, 6) is 0. The summed E-state index contributed by atoms with van der Waals surface area (Å²) in [5.41, 5.74) is 0. The van der Waals surface area contributed by atoms with Crippen LogP contribution in [-0.4, -0.2) is 50.3 Å². The Balaban J connectivity index is 1.55. The van der Waals surface area contributed by atoms with Gasteiger partial charge in [0, 0.05) is 19.7 Å². The second-order valence-electron chi connectivity index (χ2n) is 4.72. The van der Waals surface area contributed by atoms with E-state index >= 15 is 0 Å². The molecule has 0 aliphatic carbocycles. The lowest BCUT2D eigenvalue weighted by molar-refractivity contribution is 0.0990. The van der Waals surface area contributed by atoms with Crippen LogP contribution in [0, 0.1) is 0 Å². The molecule has 0 aromatic heterocycles. The molecule has 3 nitrogen and oxygen atoms in total.